The van der Waals surface area contributed by atoms with E-state index in [9.17, 15) is 18.7 Å². The molecule has 34 heavy (non-hydrogen) atoms. The summed E-state index contributed by atoms with van der Waals surface area (Å²) in [6.45, 7) is 6.54. The third-order valence-corrected chi connectivity index (χ3v) is 6.35. The number of amides is 1. The lowest BCUT2D eigenvalue weighted by Gasteiger charge is -2.34. The van der Waals surface area contributed by atoms with Crippen LogP contribution in [0.25, 0.3) is 11.3 Å². The number of nitrogens with zero attached hydrogens (tertiary/aromatic N) is 4. The fraction of sp³-hybridized carbons (Fsp3) is 0.560. The van der Waals surface area contributed by atoms with E-state index in [1.165, 1.54) is 29.4 Å². The first-order valence-corrected chi connectivity index (χ1v) is 11.8. The first kappa shape index (κ1) is 24.5. The molecule has 2 aliphatic heterocycles. The third kappa shape index (κ3) is 6.27. The largest absolute Gasteiger partial charge is 0.476 e. The van der Waals surface area contributed by atoms with Crippen molar-refractivity contribution in [3.8, 4) is 17.1 Å². The summed E-state index contributed by atoms with van der Waals surface area (Å²) < 4.78 is 34.3. The fourth-order valence-corrected chi connectivity index (χ4v) is 4.53. The zero-order valence-corrected chi connectivity index (χ0v) is 19.7. The first-order valence-electron chi connectivity index (χ1n) is 11.8. The van der Waals surface area contributed by atoms with Crippen molar-refractivity contribution in [2.75, 3.05) is 39.3 Å². The predicted octanol–water partition coefficient (Wildman–Crippen LogP) is 3.33. The van der Waals surface area contributed by atoms with E-state index >= 15 is 0 Å². The topological polar surface area (TPSA) is 78.8 Å². The van der Waals surface area contributed by atoms with E-state index < -0.39 is 23.5 Å². The minimum Gasteiger partial charge on any atom is -0.476 e. The Labute approximate surface area is 198 Å². The van der Waals surface area contributed by atoms with Gasteiger partial charge >= 0.3 is 0 Å². The number of aliphatic hydroxyl groups is 1. The quantitative estimate of drug-likeness (QED) is 0.663. The molecule has 1 aromatic carbocycles. The smallest absolute Gasteiger partial charge is 0.256 e. The highest BCUT2D eigenvalue weighted by Gasteiger charge is 2.28. The van der Waals surface area contributed by atoms with Gasteiger partial charge in [-0.05, 0) is 64.3 Å². The number of rotatable bonds is 7. The van der Waals surface area contributed by atoms with Crippen LogP contribution in [0, 0.1) is 11.7 Å². The van der Waals surface area contributed by atoms with Crippen LogP contribution in [-0.4, -0.2) is 81.9 Å². The van der Waals surface area contributed by atoms with Gasteiger partial charge in [0.1, 0.15) is 11.5 Å². The number of halogens is 2. The Kier molecular flexibility index (Phi) is 7.42. The number of piperidine rings is 1. The van der Waals surface area contributed by atoms with Gasteiger partial charge in [-0.1, -0.05) is 6.07 Å². The Bertz CT molecular complexity index is 989. The number of carbonyl (C=O) groups is 1. The summed E-state index contributed by atoms with van der Waals surface area (Å²) in [4.78, 5) is 24.7. The van der Waals surface area contributed by atoms with Crippen LogP contribution >= 0.6 is 0 Å². The highest BCUT2D eigenvalue weighted by Crippen LogP contribution is 2.24. The average Bonchev–Trinajstić information content (AvgIpc) is 3.24. The van der Waals surface area contributed by atoms with Crippen molar-refractivity contribution in [3.63, 3.8) is 0 Å². The first-order chi connectivity index (χ1) is 16.2. The van der Waals surface area contributed by atoms with Crippen LogP contribution < -0.4 is 4.74 Å². The number of benzene rings is 1. The standard InChI is InChI=1S/C25H32F2N4O3/c1-25(2,27)16-30-8-5-17(6-9-30)15-34-23-13-28-22(12-29-23)18-3-4-20(21(26)11-18)24(33)31-10-7-19(32)14-31/h3-4,11-13,17,19,32H,5-10,14-16H2,1-2H3. The molecule has 1 atom stereocenters. The molecule has 1 aromatic heterocycles. The SMILES string of the molecule is CC(C)(F)CN1CCC(COc2cnc(-c3ccc(C(=O)N4CCC(O)C4)c(F)c3)cn2)CC1. The molecule has 2 aliphatic rings. The van der Waals surface area contributed by atoms with E-state index in [1.54, 1.807) is 19.9 Å². The lowest BCUT2D eigenvalue weighted by atomic mass is 9.97. The number of aromatic nitrogens is 2. The van der Waals surface area contributed by atoms with Gasteiger partial charge in [-0.25, -0.2) is 18.7 Å². The van der Waals surface area contributed by atoms with E-state index in [4.69, 9.17) is 4.74 Å². The maximum Gasteiger partial charge on any atom is 0.256 e. The van der Waals surface area contributed by atoms with Gasteiger partial charge < -0.3 is 19.6 Å². The van der Waals surface area contributed by atoms with Gasteiger partial charge in [-0.2, -0.15) is 0 Å². The molecule has 1 amide bonds. The van der Waals surface area contributed by atoms with E-state index in [2.05, 4.69) is 14.9 Å². The molecule has 7 nitrogen and oxygen atoms in total. The van der Waals surface area contributed by atoms with Crippen LogP contribution in [0.3, 0.4) is 0 Å². The zero-order valence-electron chi connectivity index (χ0n) is 19.7. The van der Waals surface area contributed by atoms with Crippen molar-refractivity contribution >= 4 is 5.91 Å². The summed E-state index contributed by atoms with van der Waals surface area (Å²) in [5, 5.41) is 9.61. The van der Waals surface area contributed by atoms with E-state index in [0.29, 0.717) is 49.2 Å². The summed E-state index contributed by atoms with van der Waals surface area (Å²) in [5.41, 5.74) is -0.217. The van der Waals surface area contributed by atoms with Crippen molar-refractivity contribution in [2.45, 2.75) is 44.9 Å². The molecular formula is C25H32F2N4O3. The predicted molar refractivity (Wildman–Crippen MR) is 124 cm³/mol. The number of alkyl halides is 1. The highest BCUT2D eigenvalue weighted by atomic mass is 19.1. The van der Waals surface area contributed by atoms with Gasteiger partial charge in [-0.3, -0.25) is 4.79 Å². The van der Waals surface area contributed by atoms with Crippen molar-refractivity contribution in [2.24, 2.45) is 5.92 Å². The molecule has 184 valence electrons. The van der Waals surface area contributed by atoms with Gasteiger partial charge in [0.05, 0.1) is 36.4 Å². The second kappa shape index (κ2) is 10.3. The number of β-amino-alcohol motifs (C(OH)–C–C–N with tert-alkyl or cyclic N) is 1. The molecule has 3 heterocycles. The van der Waals surface area contributed by atoms with Gasteiger partial charge in [0.15, 0.2) is 0 Å². The molecule has 9 heteroatoms. The van der Waals surface area contributed by atoms with E-state index in [-0.39, 0.29) is 12.1 Å². The molecule has 1 N–H and O–H groups in total. The number of hydrogen-bond acceptors (Lipinski definition) is 6. The van der Waals surface area contributed by atoms with Crippen LogP contribution in [-0.2, 0) is 0 Å². The van der Waals surface area contributed by atoms with Crippen molar-refractivity contribution in [1.82, 2.24) is 19.8 Å². The summed E-state index contributed by atoms with van der Waals surface area (Å²) in [6, 6.07) is 4.36. The second-order valence-corrected chi connectivity index (χ2v) is 9.88. The molecule has 2 saturated heterocycles. The van der Waals surface area contributed by atoms with Gasteiger partial charge in [-0.15, -0.1) is 0 Å². The van der Waals surface area contributed by atoms with Crippen LogP contribution in [0.4, 0.5) is 8.78 Å². The summed E-state index contributed by atoms with van der Waals surface area (Å²) >= 11 is 0. The molecule has 0 bridgehead atoms. The Morgan fingerprint density at radius 1 is 1.18 bits per heavy atom. The van der Waals surface area contributed by atoms with E-state index in [0.717, 1.165) is 25.9 Å². The Hall–Kier alpha value is -2.65. The van der Waals surface area contributed by atoms with Gasteiger partial charge in [0.2, 0.25) is 5.88 Å². The Morgan fingerprint density at radius 3 is 2.53 bits per heavy atom. The summed E-state index contributed by atoms with van der Waals surface area (Å²) in [5.74, 6) is -0.268. The molecular weight excluding hydrogens is 442 g/mol. The Morgan fingerprint density at radius 2 is 1.94 bits per heavy atom. The summed E-state index contributed by atoms with van der Waals surface area (Å²) in [6.07, 6.45) is 4.88. The fourth-order valence-electron chi connectivity index (χ4n) is 4.53. The molecule has 0 aliphatic carbocycles. The molecule has 2 aromatic rings. The molecule has 0 saturated carbocycles. The lowest BCUT2D eigenvalue weighted by molar-refractivity contribution is 0.0760. The Balaban J connectivity index is 1.30. The van der Waals surface area contributed by atoms with Crippen LogP contribution in [0.2, 0.25) is 0 Å². The third-order valence-electron chi connectivity index (χ3n) is 6.35. The number of ether oxygens (including phenoxy) is 1. The lowest BCUT2D eigenvalue weighted by Crippen LogP contribution is -2.41. The van der Waals surface area contributed by atoms with Crippen LogP contribution in [0.15, 0.2) is 30.6 Å². The number of aliphatic hydroxyl groups excluding tert-OH is 1. The summed E-state index contributed by atoms with van der Waals surface area (Å²) in [7, 11) is 0. The maximum absolute atomic E-state index is 14.7. The van der Waals surface area contributed by atoms with Crippen molar-refractivity contribution < 1.29 is 23.4 Å². The molecule has 1 unspecified atom stereocenters. The van der Waals surface area contributed by atoms with Crippen molar-refractivity contribution in [3.05, 3.63) is 42.0 Å². The minimum atomic E-state index is -1.18. The number of hydrogen-bond donors (Lipinski definition) is 1. The average molecular weight is 475 g/mol. The maximum atomic E-state index is 14.7. The second-order valence-electron chi connectivity index (χ2n) is 9.88. The minimum absolute atomic E-state index is 0.0214. The highest BCUT2D eigenvalue weighted by molar-refractivity contribution is 5.95. The molecule has 0 spiro atoms. The molecule has 4 rings (SSSR count). The van der Waals surface area contributed by atoms with E-state index in [1.807, 2.05) is 0 Å². The number of likely N-dealkylation sites (tertiary alicyclic amines) is 2. The monoisotopic (exact) mass is 474 g/mol. The van der Waals surface area contributed by atoms with Crippen LogP contribution in [0.1, 0.15) is 43.5 Å². The molecule has 0 radical (unpaired) electrons. The van der Waals surface area contributed by atoms with Crippen molar-refractivity contribution in [1.29, 1.82) is 0 Å². The van der Waals surface area contributed by atoms with Gasteiger partial charge in [0.25, 0.3) is 5.91 Å². The van der Waals surface area contributed by atoms with Crippen LogP contribution in [0.5, 0.6) is 5.88 Å². The molecule has 2 fully saturated rings. The van der Waals surface area contributed by atoms with Gasteiger partial charge in [0, 0.05) is 25.2 Å². The number of carbonyl (C=O) groups excluding carboxylic acids is 1. The zero-order chi connectivity index (χ0) is 24.3. The normalized spacial score (nSPS) is 20.0.